The number of nitrogens with one attached hydrogen (secondary N) is 2. The third-order valence-corrected chi connectivity index (χ3v) is 5.70. The van der Waals surface area contributed by atoms with Gasteiger partial charge >= 0.3 is 0 Å². The van der Waals surface area contributed by atoms with Gasteiger partial charge in [0.05, 0.1) is 23.5 Å². The molecule has 0 radical (unpaired) electrons. The number of phenolic OH excluding ortho intramolecular Hbond substituents is 1. The number of hydrogen-bond donors (Lipinski definition) is 3. The van der Waals surface area contributed by atoms with Crippen molar-refractivity contribution in [1.29, 1.82) is 0 Å². The van der Waals surface area contributed by atoms with Crippen LogP contribution in [0.2, 0.25) is 0 Å². The van der Waals surface area contributed by atoms with Crippen molar-refractivity contribution < 1.29 is 19.2 Å². The molecule has 5 aromatic rings. The Labute approximate surface area is 195 Å². The first kappa shape index (κ1) is 21.6. The summed E-state index contributed by atoms with van der Waals surface area (Å²) in [6.07, 6.45) is 2.03. The molecule has 0 aliphatic rings. The van der Waals surface area contributed by atoms with Gasteiger partial charge in [0.1, 0.15) is 22.9 Å². The highest BCUT2D eigenvalue weighted by Gasteiger charge is 2.21. The summed E-state index contributed by atoms with van der Waals surface area (Å²) in [6.45, 7) is 6.08. The number of carbonyl (C=O) groups is 2. The summed E-state index contributed by atoms with van der Waals surface area (Å²) in [4.78, 5) is 36.1. The molecule has 4 heterocycles. The zero-order valence-electron chi connectivity index (χ0n) is 19.1. The Hall–Kier alpha value is -4.20. The second-order valence-corrected chi connectivity index (χ2v) is 9.57. The minimum absolute atomic E-state index is 0.00285. The third kappa shape index (κ3) is 4.22. The van der Waals surface area contributed by atoms with E-state index >= 15 is 0 Å². The molecule has 0 bridgehead atoms. The van der Waals surface area contributed by atoms with E-state index in [1.54, 1.807) is 36.5 Å². The number of ketones is 2. The van der Waals surface area contributed by atoms with Crippen molar-refractivity contribution in [3.05, 3.63) is 77.1 Å². The Morgan fingerprint density at radius 3 is 2.50 bits per heavy atom. The van der Waals surface area contributed by atoms with Gasteiger partial charge < -0.3 is 19.6 Å². The van der Waals surface area contributed by atoms with E-state index in [1.807, 2.05) is 32.9 Å². The molecule has 0 spiro atoms. The fourth-order valence-corrected chi connectivity index (χ4v) is 3.91. The fraction of sp³-hybridized carbons (Fsp3) is 0.231. The maximum Gasteiger partial charge on any atom is 0.225 e. The second kappa shape index (κ2) is 7.98. The lowest BCUT2D eigenvalue weighted by molar-refractivity contribution is -0.117. The van der Waals surface area contributed by atoms with Gasteiger partial charge in [-0.1, -0.05) is 25.9 Å². The summed E-state index contributed by atoms with van der Waals surface area (Å²) >= 11 is 0. The summed E-state index contributed by atoms with van der Waals surface area (Å²) in [5.41, 5.74) is 3.34. The van der Waals surface area contributed by atoms with Crippen LogP contribution in [0.1, 0.15) is 54.0 Å². The molecule has 0 fully saturated rings. The number of H-pyrrole nitrogens is 2. The summed E-state index contributed by atoms with van der Waals surface area (Å²) in [6, 6.07) is 12.0. The summed E-state index contributed by atoms with van der Waals surface area (Å²) in [5, 5.41) is 15.2. The van der Waals surface area contributed by atoms with Gasteiger partial charge in [0, 0.05) is 40.4 Å². The molecular formula is C26H24N4O4. The van der Waals surface area contributed by atoms with E-state index in [2.05, 4.69) is 20.1 Å². The van der Waals surface area contributed by atoms with E-state index in [-0.39, 0.29) is 35.6 Å². The van der Waals surface area contributed by atoms with Crippen LogP contribution in [0.25, 0.3) is 21.9 Å². The molecule has 0 atom stereocenters. The molecule has 8 nitrogen and oxygen atoms in total. The Morgan fingerprint density at radius 2 is 1.74 bits per heavy atom. The highest BCUT2D eigenvalue weighted by Crippen LogP contribution is 2.24. The Kier molecular flexibility index (Phi) is 5.08. The molecule has 3 N–H and O–H groups in total. The van der Waals surface area contributed by atoms with Gasteiger partial charge in [0.2, 0.25) is 5.78 Å². The van der Waals surface area contributed by atoms with Gasteiger partial charge in [0.25, 0.3) is 0 Å². The van der Waals surface area contributed by atoms with E-state index in [1.165, 1.54) is 0 Å². The minimum Gasteiger partial charge on any atom is -0.508 e. The smallest absolute Gasteiger partial charge is 0.225 e. The largest absolute Gasteiger partial charge is 0.508 e. The topological polar surface area (TPSA) is 125 Å². The molecule has 0 unspecified atom stereocenters. The molecule has 4 aromatic heterocycles. The first-order chi connectivity index (χ1) is 16.2. The van der Waals surface area contributed by atoms with Crippen molar-refractivity contribution in [2.45, 2.75) is 39.0 Å². The van der Waals surface area contributed by atoms with Crippen LogP contribution in [0, 0.1) is 0 Å². The standard InChI is InChI=1S/C26H24N4O4/c1-26(2,3)23-12-17(30-34-23)11-19(32)7-14-6-16-10-22(29-25(16)27-13-14)24(33)21-9-15-8-18(31)4-5-20(15)28-21/h4-6,8-10,12-13,28,31H,7,11H2,1-3H3,(H,27,29). The Morgan fingerprint density at radius 1 is 0.971 bits per heavy atom. The fourth-order valence-electron chi connectivity index (χ4n) is 3.91. The number of rotatable bonds is 6. The van der Waals surface area contributed by atoms with Gasteiger partial charge in [-0.05, 0) is 42.0 Å². The SMILES string of the molecule is CC(C)(C)c1cc(CC(=O)Cc2cnc3[nH]c(C(=O)c4cc5cc(O)ccc5[nH]4)cc3c2)no1. The number of aromatic hydroxyl groups is 1. The number of fused-ring (bicyclic) bond motifs is 2. The number of hydrogen-bond acceptors (Lipinski definition) is 6. The maximum atomic E-state index is 13.0. The molecule has 34 heavy (non-hydrogen) atoms. The van der Waals surface area contributed by atoms with E-state index in [4.69, 9.17) is 4.52 Å². The predicted octanol–water partition coefficient (Wildman–Crippen LogP) is 4.62. The van der Waals surface area contributed by atoms with Crippen LogP contribution >= 0.6 is 0 Å². The van der Waals surface area contributed by atoms with Crippen LogP contribution in [0.4, 0.5) is 0 Å². The summed E-state index contributed by atoms with van der Waals surface area (Å²) < 4.78 is 5.36. The molecule has 5 rings (SSSR count). The van der Waals surface area contributed by atoms with Crippen molar-refractivity contribution in [2.24, 2.45) is 0 Å². The highest BCUT2D eigenvalue weighted by atomic mass is 16.5. The lowest BCUT2D eigenvalue weighted by Crippen LogP contribution is -2.09. The van der Waals surface area contributed by atoms with Crippen molar-refractivity contribution in [3.63, 3.8) is 0 Å². The van der Waals surface area contributed by atoms with Gasteiger partial charge in [0.15, 0.2) is 0 Å². The lowest BCUT2D eigenvalue weighted by Gasteiger charge is -2.12. The zero-order valence-corrected chi connectivity index (χ0v) is 19.1. The number of pyridine rings is 1. The van der Waals surface area contributed by atoms with E-state index < -0.39 is 0 Å². The number of benzene rings is 1. The highest BCUT2D eigenvalue weighted by molar-refractivity contribution is 6.11. The number of aromatic nitrogens is 4. The maximum absolute atomic E-state index is 13.0. The van der Waals surface area contributed by atoms with E-state index in [0.717, 1.165) is 27.6 Å². The first-order valence-corrected chi connectivity index (χ1v) is 11.0. The quantitative estimate of drug-likeness (QED) is 0.320. The Balaban J connectivity index is 1.32. The Bertz CT molecular complexity index is 1550. The zero-order chi connectivity index (χ0) is 24.0. The van der Waals surface area contributed by atoms with Crippen LogP contribution in [-0.2, 0) is 23.1 Å². The van der Waals surface area contributed by atoms with Gasteiger partial charge in [-0.3, -0.25) is 9.59 Å². The monoisotopic (exact) mass is 456 g/mol. The summed E-state index contributed by atoms with van der Waals surface area (Å²) in [5.74, 6) is 0.672. The number of carbonyl (C=O) groups excluding carboxylic acids is 2. The van der Waals surface area contributed by atoms with Gasteiger partial charge in [-0.2, -0.15) is 0 Å². The number of aromatic amines is 2. The van der Waals surface area contributed by atoms with Crippen molar-refractivity contribution >= 4 is 33.5 Å². The normalized spacial score (nSPS) is 12.0. The van der Waals surface area contributed by atoms with E-state index in [0.29, 0.717) is 22.7 Å². The lowest BCUT2D eigenvalue weighted by atomic mass is 9.93. The molecule has 0 amide bonds. The van der Waals surface area contributed by atoms with Crippen LogP contribution in [-0.4, -0.2) is 36.8 Å². The first-order valence-electron chi connectivity index (χ1n) is 11.0. The van der Waals surface area contributed by atoms with Crippen LogP contribution in [0.3, 0.4) is 0 Å². The molecule has 0 saturated carbocycles. The predicted molar refractivity (Wildman–Crippen MR) is 127 cm³/mol. The van der Waals surface area contributed by atoms with Crippen LogP contribution in [0.5, 0.6) is 5.75 Å². The van der Waals surface area contributed by atoms with Crippen LogP contribution < -0.4 is 0 Å². The number of phenols is 1. The summed E-state index contributed by atoms with van der Waals surface area (Å²) in [7, 11) is 0. The molecule has 172 valence electrons. The average molecular weight is 457 g/mol. The molecule has 1 aromatic carbocycles. The van der Waals surface area contributed by atoms with Gasteiger partial charge in [-0.15, -0.1) is 0 Å². The number of nitrogens with zero attached hydrogens (tertiary/aromatic N) is 2. The molecular weight excluding hydrogens is 432 g/mol. The molecule has 8 heteroatoms. The van der Waals surface area contributed by atoms with Crippen molar-refractivity contribution in [3.8, 4) is 5.75 Å². The van der Waals surface area contributed by atoms with Crippen molar-refractivity contribution in [1.82, 2.24) is 20.1 Å². The minimum atomic E-state index is -0.216. The third-order valence-electron chi connectivity index (χ3n) is 5.70. The van der Waals surface area contributed by atoms with Crippen molar-refractivity contribution in [2.75, 3.05) is 0 Å². The van der Waals surface area contributed by atoms with E-state index in [9.17, 15) is 14.7 Å². The second-order valence-electron chi connectivity index (χ2n) is 9.57. The van der Waals surface area contributed by atoms with Crippen LogP contribution in [0.15, 0.2) is 53.2 Å². The molecule has 0 saturated heterocycles. The van der Waals surface area contributed by atoms with Gasteiger partial charge in [-0.25, -0.2) is 4.98 Å². The average Bonchev–Trinajstić information content (AvgIpc) is 3.49. The molecule has 0 aliphatic carbocycles. The molecule has 0 aliphatic heterocycles. The number of Topliss-reactive ketones (excluding diaryl/α,β-unsaturated/α-hetero) is 1.